The summed E-state index contributed by atoms with van der Waals surface area (Å²) < 4.78 is 11.1. The van der Waals surface area contributed by atoms with Crippen molar-refractivity contribution < 1.29 is 23.8 Å². The van der Waals surface area contributed by atoms with E-state index in [-0.39, 0.29) is 11.3 Å². The summed E-state index contributed by atoms with van der Waals surface area (Å²) in [6.45, 7) is 4.37. The normalized spacial score (nSPS) is 16.3. The van der Waals surface area contributed by atoms with Crippen LogP contribution in [-0.4, -0.2) is 35.4 Å². The van der Waals surface area contributed by atoms with Crippen LogP contribution < -0.4 is 4.74 Å². The molecule has 6 nitrogen and oxygen atoms in total. The summed E-state index contributed by atoms with van der Waals surface area (Å²) in [6.07, 6.45) is 1.63. The predicted octanol–water partition coefficient (Wildman–Crippen LogP) is 5.78. The largest absolute Gasteiger partial charge is 0.503 e. The minimum atomic E-state index is -0.693. The zero-order chi connectivity index (χ0) is 23.0. The van der Waals surface area contributed by atoms with Gasteiger partial charge in [0.05, 0.1) is 18.7 Å². The first-order chi connectivity index (χ1) is 15.4. The number of carbonyl (C=O) groups is 2. The van der Waals surface area contributed by atoms with Crippen molar-refractivity contribution in [3.05, 3.63) is 75.7 Å². The first kappa shape index (κ1) is 22.0. The summed E-state index contributed by atoms with van der Waals surface area (Å²) in [4.78, 5) is 28.1. The minimum Gasteiger partial charge on any atom is -0.503 e. The monoisotopic (exact) mass is 453 g/mol. The first-order valence-corrected chi connectivity index (χ1v) is 10.9. The van der Waals surface area contributed by atoms with Gasteiger partial charge in [0.2, 0.25) is 5.78 Å². The average Bonchev–Trinajstić information content (AvgIpc) is 3.31. The number of rotatable bonds is 7. The Labute approximate surface area is 191 Å². The van der Waals surface area contributed by atoms with Crippen molar-refractivity contribution in [1.82, 2.24) is 4.90 Å². The molecule has 1 aromatic heterocycles. The Bertz CT molecular complexity index is 1240. The molecule has 7 heteroatoms. The van der Waals surface area contributed by atoms with Crippen molar-refractivity contribution in [1.29, 1.82) is 0 Å². The van der Waals surface area contributed by atoms with Crippen molar-refractivity contribution in [3.63, 3.8) is 0 Å². The third-order valence-corrected chi connectivity index (χ3v) is 5.99. The summed E-state index contributed by atoms with van der Waals surface area (Å²) in [7, 11) is 1.49. The SMILES string of the molecule is CCCCN1C(=O)C(O)=C(C(=O)c2cc3cc(Cl)cc(OC)c3o2)C1c1ccccc1C. The van der Waals surface area contributed by atoms with E-state index in [1.807, 2.05) is 38.1 Å². The number of benzene rings is 2. The second kappa shape index (κ2) is 8.71. The van der Waals surface area contributed by atoms with Gasteiger partial charge in [0.25, 0.3) is 5.91 Å². The number of aliphatic hydroxyl groups excluding tert-OH is 1. The number of aryl methyl sites for hydroxylation is 1. The number of halogens is 1. The van der Waals surface area contributed by atoms with Crippen LogP contribution in [0.2, 0.25) is 5.02 Å². The third kappa shape index (κ3) is 3.65. The topological polar surface area (TPSA) is 80.0 Å². The molecule has 0 saturated heterocycles. The van der Waals surface area contributed by atoms with Crippen LogP contribution in [0.25, 0.3) is 11.0 Å². The highest BCUT2D eigenvalue weighted by Gasteiger charge is 2.44. The molecule has 1 aliphatic heterocycles. The summed E-state index contributed by atoms with van der Waals surface area (Å²) >= 11 is 6.14. The maximum absolute atomic E-state index is 13.6. The van der Waals surface area contributed by atoms with Crippen LogP contribution in [0.5, 0.6) is 5.75 Å². The van der Waals surface area contributed by atoms with E-state index in [2.05, 4.69) is 0 Å². The minimum absolute atomic E-state index is 0.00541. The lowest BCUT2D eigenvalue weighted by atomic mass is 9.92. The van der Waals surface area contributed by atoms with Gasteiger partial charge >= 0.3 is 0 Å². The predicted molar refractivity (Wildman–Crippen MR) is 122 cm³/mol. The molecule has 0 aliphatic carbocycles. The maximum Gasteiger partial charge on any atom is 0.290 e. The standard InChI is InChI=1S/C25H24ClNO5/c1-4-5-10-27-21(17-9-7-6-8-14(17)2)20(23(29)25(27)30)22(28)18-12-15-11-16(26)13-19(31-3)24(15)32-18/h6-9,11-13,21,29H,4-5,10H2,1-3H3. The average molecular weight is 454 g/mol. The quantitative estimate of drug-likeness (QED) is 0.458. The Morgan fingerprint density at radius 3 is 2.69 bits per heavy atom. The van der Waals surface area contributed by atoms with Crippen molar-refractivity contribution in [2.75, 3.05) is 13.7 Å². The van der Waals surface area contributed by atoms with E-state index in [9.17, 15) is 14.7 Å². The molecule has 1 aliphatic rings. The molecule has 0 bridgehead atoms. The second-order valence-corrected chi connectivity index (χ2v) is 8.28. The third-order valence-electron chi connectivity index (χ3n) is 5.77. The number of fused-ring (bicyclic) bond motifs is 1. The summed E-state index contributed by atoms with van der Waals surface area (Å²) in [5.74, 6) is -1.23. The van der Waals surface area contributed by atoms with Gasteiger partial charge < -0.3 is 19.2 Å². The highest BCUT2D eigenvalue weighted by atomic mass is 35.5. The van der Waals surface area contributed by atoms with Crippen LogP contribution in [0.15, 0.2) is 58.2 Å². The van der Waals surface area contributed by atoms with Crippen molar-refractivity contribution >= 4 is 34.3 Å². The molecular weight excluding hydrogens is 430 g/mol. The van der Waals surface area contributed by atoms with Gasteiger partial charge in [-0.25, -0.2) is 0 Å². The van der Waals surface area contributed by atoms with Crippen molar-refractivity contribution in [3.8, 4) is 5.75 Å². The van der Waals surface area contributed by atoms with Crippen LogP contribution in [0, 0.1) is 6.92 Å². The number of Topliss-reactive ketones (excluding diaryl/α,β-unsaturated/α-hetero) is 1. The highest BCUT2D eigenvalue weighted by molar-refractivity contribution is 6.31. The summed E-state index contributed by atoms with van der Waals surface area (Å²) in [5.41, 5.74) is 2.11. The smallest absolute Gasteiger partial charge is 0.290 e. The lowest BCUT2D eigenvalue weighted by Crippen LogP contribution is -2.32. The number of aliphatic hydroxyl groups is 1. The Balaban J connectivity index is 1.84. The van der Waals surface area contributed by atoms with E-state index in [0.29, 0.717) is 28.3 Å². The van der Waals surface area contributed by atoms with Crippen molar-refractivity contribution in [2.45, 2.75) is 32.7 Å². The molecule has 1 amide bonds. The molecular formula is C25H24ClNO5. The second-order valence-electron chi connectivity index (χ2n) is 7.84. The number of hydrogen-bond donors (Lipinski definition) is 1. The fourth-order valence-electron chi connectivity index (χ4n) is 4.14. The van der Waals surface area contributed by atoms with Gasteiger partial charge in [0.15, 0.2) is 22.9 Å². The van der Waals surface area contributed by atoms with Crippen LogP contribution in [0.4, 0.5) is 0 Å². The zero-order valence-electron chi connectivity index (χ0n) is 18.1. The fraction of sp³-hybridized carbons (Fsp3) is 0.280. The van der Waals surface area contributed by atoms with Gasteiger partial charge in [-0.15, -0.1) is 0 Å². The van der Waals surface area contributed by atoms with E-state index < -0.39 is 23.5 Å². The number of ether oxygens (including phenoxy) is 1. The van der Waals surface area contributed by atoms with Gasteiger partial charge in [-0.3, -0.25) is 9.59 Å². The number of amides is 1. The van der Waals surface area contributed by atoms with E-state index in [1.54, 1.807) is 23.1 Å². The molecule has 32 heavy (non-hydrogen) atoms. The molecule has 0 spiro atoms. The number of ketones is 1. The molecule has 0 saturated carbocycles. The molecule has 1 atom stereocenters. The fourth-order valence-corrected chi connectivity index (χ4v) is 4.36. The maximum atomic E-state index is 13.6. The molecule has 1 unspecified atom stereocenters. The molecule has 0 fully saturated rings. The van der Waals surface area contributed by atoms with Crippen molar-refractivity contribution in [2.24, 2.45) is 0 Å². The Morgan fingerprint density at radius 2 is 2.00 bits per heavy atom. The van der Waals surface area contributed by atoms with E-state index >= 15 is 0 Å². The van der Waals surface area contributed by atoms with E-state index in [1.165, 1.54) is 7.11 Å². The van der Waals surface area contributed by atoms with E-state index in [0.717, 1.165) is 24.0 Å². The van der Waals surface area contributed by atoms with Gasteiger partial charge in [0, 0.05) is 23.0 Å². The lowest BCUT2D eigenvalue weighted by molar-refractivity contribution is -0.129. The number of unbranched alkanes of at least 4 members (excludes halogenated alkanes) is 1. The molecule has 3 aromatic rings. The Kier molecular flexibility index (Phi) is 5.98. The molecule has 166 valence electrons. The lowest BCUT2D eigenvalue weighted by Gasteiger charge is -2.27. The van der Waals surface area contributed by atoms with Gasteiger partial charge in [-0.1, -0.05) is 49.2 Å². The van der Waals surface area contributed by atoms with Gasteiger partial charge in [0.1, 0.15) is 0 Å². The van der Waals surface area contributed by atoms with Crippen LogP contribution in [-0.2, 0) is 4.79 Å². The molecule has 0 radical (unpaired) electrons. The number of hydrogen-bond acceptors (Lipinski definition) is 5. The summed E-state index contributed by atoms with van der Waals surface area (Å²) in [5, 5.41) is 11.8. The molecule has 2 aromatic carbocycles. The Morgan fingerprint density at radius 1 is 1.25 bits per heavy atom. The molecule has 1 N–H and O–H groups in total. The Hall–Kier alpha value is -3.25. The molecule has 4 rings (SSSR count). The molecule has 2 heterocycles. The van der Waals surface area contributed by atoms with E-state index in [4.69, 9.17) is 20.8 Å². The van der Waals surface area contributed by atoms with Crippen LogP contribution >= 0.6 is 11.6 Å². The number of carbonyl (C=O) groups excluding carboxylic acids is 2. The highest BCUT2D eigenvalue weighted by Crippen LogP contribution is 2.41. The number of methoxy groups -OCH3 is 1. The summed E-state index contributed by atoms with van der Waals surface area (Å²) in [6, 6.07) is 11.7. The van der Waals surface area contributed by atoms with Gasteiger partial charge in [-0.2, -0.15) is 0 Å². The zero-order valence-corrected chi connectivity index (χ0v) is 18.9. The number of furan rings is 1. The first-order valence-electron chi connectivity index (χ1n) is 10.5. The van der Waals surface area contributed by atoms with Crippen LogP contribution in [0.1, 0.15) is 47.5 Å². The number of nitrogens with zero attached hydrogens (tertiary/aromatic N) is 1. The van der Waals surface area contributed by atoms with Gasteiger partial charge in [-0.05, 0) is 36.6 Å². The van der Waals surface area contributed by atoms with Crippen LogP contribution in [0.3, 0.4) is 0 Å².